The Morgan fingerprint density at radius 2 is 0.892 bits per heavy atom. The van der Waals surface area contributed by atoms with E-state index >= 15 is 0 Å². The van der Waals surface area contributed by atoms with Crippen LogP contribution in [0.15, 0.2) is 84.9 Å². The second kappa shape index (κ2) is 12.0. The molecule has 0 atom stereocenters. The number of thiocarbonyl (C=S) groups is 2. The summed E-state index contributed by atoms with van der Waals surface area (Å²) in [5.74, 6) is 0. The molecule has 4 aromatic rings. The van der Waals surface area contributed by atoms with Crippen LogP contribution in [0.1, 0.15) is 33.4 Å². The molecule has 0 aliphatic carbocycles. The van der Waals surface area contributed by atoms with Gasteiger partial charge in [-0.3, -0.25) is 0 Å². The lowest BCUT2D eigenvalue weighted by molar-refractivity contribution is 1.19. The predicted octanol–water partition coefficient (Wildman–Crippen LogP) is 8.13. The van der Waals surface area contributed by atoms with Crippen molar-refractivity contribution in [2.24, 2.45) is 0 Å². The highest BCUT2D eigenvalue weighted by molar-refractivity contribution is 7.81. The summed E-state index contributed by atoms with van der Waals surface area (Å²) in [5, 5.41) is 14.3. The zero-order chi connectivity index (χ0) is 26.4. The lowest BCUT2D eigenvalue weighted by Gasteiger charge is -2.14. The van der Waals surface area contributed by atoms with Gasteiger partial charge >= 0.3 is 0 Å². The number of anilines is 4. The van der Waals surface area contributed by atoms with E-state index in [1.807, 2.05) is 0 Å². The Morgan fingerprint density at radius 3 is 1.27 bits per heavy atom. The normalized spacial score (nSPS) is 10.5. The van der Waals surface area contributed by atoms with Gasteiger partial charge in [-0.1, -0.05) is 48.5 Å². The molecule has 0 aliphatic rings. The molecule has 0 saturated heterocycles. The third-order valence-electron chi connectivity index (χ3n) is 6.11. The summed E-state index contributed by atoms with van der Waals surface area (Å²) < 4.78 is 0. The number of nitrogens with one attached hydrogen (secondary N) is 4. The third-order valence-corrected chi connectivity index (χ3v) is 6.52. The molecular formula is C31H32N4S2. The standard InChI is InChI=1S/C31H32N4S2/c1-20-5-7-22(3)28(17-20)34-30(36)32-26-13-9-24(10-14-26)19-25-11-15-27(16-12-25)33-31(37)35-29-18-21(2)6-8-23(29)4/h5-18H,19H2,1-4H3,(H2,32,34,36)(H2,33,35,37). The summed E-state index contributed by atoms with van der Waals surface area (Å²) in [4.78, 5) is 0. The highest BCUT2D eigenvalue weighted by Gasteiger charge is 2.05. The quantitative estimate of drug-likeness (QED) is 0.191. The predicted molar refractivity (Wildman–Crippen MR) is 167 cm³/mol. The Bertz CT molecular complexity index is 1300. The van der Waals surface area contributed by atoms with Gasteiger partial charge in [0.05, 0.1) is 0 Å². The molecule has 4 aromatic carbocycles. The molecule has 0 aromatic heterocycles. The van der Waals surface area contributed by atoms with Crippen LogP contribution in [0, 0.1) is 27.7 Å². The van der Waals surface area contributed by atoms with Crippen molar-refractivity contribution in [2.75, 3.05) is 21.3 Å². The molecule has 4 N–H and O–H groups in total. The van der Waals surface area contributed by atoms with Crippen molar-refractivity contribution < 1.29 is 0 Å². The summed E-state index contributed by atoms with van der Waals surface area (Å²) in [5.41, 5.74) is 11.1. The average Bonchev–Trinajstić information content (AvgIpc) is 2.86. The maximum atomic E-state index is 5.51. The minimum Gasteiger partial charge on any atom is -0.332 e. The molecular weight excluding hydrogens is 493 g/mol. The van der Waals surface area contributed by atoms with E-state index in [1.165, 1.54) is 22.3 Å². The molecule has 0 amide bonds. The molecule has 0 saturated carbocycles. The van der Waals surface area contributed by atoms with Crippen LogP contribution in [0.25, 0.3) is 0 Å². The first-order valence-corrected chi connectivity index (χ1v) is 13.1. The zero-order valence-corrected chi connectivity index (χ0v) is 23.2. The topological polar surface area (TPSA) is 48.1 Å². The molecule has 0 heterocycles. The summed E-state index contributed by atoms with van der Waals surface area (Å²) in [6.45, 7) is 8.28. The van der Waals surface area contributed by atoms with E-state index in [2.05, 4.69) is 134 Å². The van der Waals surface area contributed by atoms with E-state index < -0.39 is 0 Å². The van der Waals surface area contributed by atoms with Crippen LogP contribution < -0.4 is 21.3 Å². The SMILES string of the molecule is Cc1ccc(C)c(NC(=S)Nc2ccc(Cc3ccc(NC(=S)Nc4cc(C)ccc4C)cc3)cc2)c1. The first kappa shape index (κ1) is 26.3. The van der Waals surface area contributed by atoms with Gasteiger partial charge in [-0.25, -0.2) is 0 Å². The van der Waals surface area contributed by atoms with Crippen LogP contribution in [0.5, 0.6) is 0 Å². The van der Waals surface area contributed by atoms with Gasteiger partial charge in [0.25, 0.3) is 0 Å². The van der Waals surface area contributed by atoms with Gasteiger partial charge in [0.2, 0.25) is 0 Å². The minimum absolute atomic E-state index is 0.578. The van der Waals surface area contributed by atoms with Crippen molar-refractivity contribution in [3.8, 4) is 0 Å². The molecule has 37 heavy (non-hydrogen) atoms. The lowest BCUT2D eigenvalue weighted by Crippen LogP contribution is -2.19. The molecule has 0 fully saturated rings. The van der Waals surface area contributed by atoms with Crippen molar-refractivity contribution in [3.63, 3.8) is 0 Å². The minimum atomic E-state index is 0.578. The van der Waals surface area contributed by atoms with Crippen LogP contribution in [-0.4, -0.2) is 10.2 Å². The first-order valence-electron chi connectivity index (χ1n) is 12.2. The number of rotatable bonds is 6. The van der Waals surface area contributed by atoms with Crippen molar-refractivity contribution >= 4 is 57.4 Å². The molecule has 6 heteroatoms. The first-order chi connectivity index (χ1) is 17.7. The van der Waals surface area contributed by atoms with E-state index in [4.69, 9.17) is 24.4 Å². The molecule has 0 aliphatic heterocycles. The lowest BCUT2D eigenvalue weighted by atomic mass is 10.0. The van der Waals surface area contributed by atoms with Gasteiger partial charge < -0.3 is 21.3 Å². The largest absolute Gasteiger partial charge is 0.332 e. The fraction of sp³-hybridized carbons (Fsp3) is 0.161. The fourth-order valence-corrected chi connectivity index (χ4v) is 4.41. The summed E-state index contributed by atoms with van der Waals surface area (Å²) in [7, 11) is 0. The molecule has 4 rings (SSSR count). The number of aryl methyl sites for hydroxylation is 4. The van der Waals surface area contributed by atoms with E-state index in [0.29, 0.717) is 10.2 Å². The molecule has 188 valence electrons. The van der Waals surface area contributed by atoms with Gasteiger partial charge in [0.15, 0.2) is 10.2 Å². The smallest absolute Gasteiger partial charge is 0.175 e. The second-order valence-corrected chi connectivity index (χ2v) is 10.2. The fourth-order valence-electron chi connectivity index (χ4n) is 3.96. The highest BCUT2D eigenvalue weighted by Crippen LogP contribution is 2.20. The molecule has 4 nitrogen and oxygen atoms in total. The molecule has 0 spiro atoms. The Morgan fingerprint density at radius 1 is 0.514 bits per heavy atom. The van der Waals surface area contributed by atoms with Crippen LogP contribution in [0.4, 0.5) is 22.7 Å². The van der Waals surface area contributed by atoms with Gasteiger partial charge in [0.1, 0.15) is 0 Å². The van der Waals surface area contributed by atoms with Crippen LogP contribution in [0.3, 0.4) is 0 Å². The van der Waals surface area contributed by atoms with Crippen molar-refractivity contribution in [1.29, 1.82) is 0 Å². The van der Waals surface area contributed by atoms with Gasteiger partial charge in [-0.05, 0) is 128 Å². The Balaban J connectivity index is 1.29. The monoisotopic (exact) mass is 524 g/mol. The van der Waals surface area contributed by atoms with Crippen LogP contribution >= 0.6 is 24.4 Å². The maximum Gasteiger partial charge on any atom is 0.175 e. The van der Waals surface area contributed by atoms with Crippen molar-refractivity contribution in [1.82, 2.24) is 0 Å². The van der Waals surface area contributed by atoms with E-state index in [-0.39, 0.29) is 0 Å². The maximum absolute atomic E-state index is 5.51. The Labute approximate surface area is 230 Å². The molecule has 0 radical (unpaired) electrons. The van der Waals surface area contributed by atoms with Crippen molar-refractivity contribution in [2.45, 2.75) is 34.1 Å². The molecule has 0 bridgehead atoms. The summed E-state index contributed by atoms with van der Waals surface area (Å²) >= 11 is 11.0. The third kappa shape index (κ3) is 7.62. The van der Waals surface area contributed by atoms with Gasteiger partial charge in [-0.2, -0.15) is 0 Å². The molecule has 0 unspecified atom stereocenters. The van der Waals surface area contributed by atoms with E-state index in [9.17, 15) is 0 Å². The second-order valence-electron chi connectivity index (χ2n) is 9.37. The number of hydrogen-bond acceptors (Lipinski definition) is 2. The average molecular weight is 525 g/mol. The van der Waals surface area contributed by atoms with E-state index in [0.717, 1.165) is 40.3 Å². The number of hydrogen-bond donors (Lipinski definition) is 4. The van der Waals surface area contributed by atoms with Crippen LogP contribution in [-0.2, 0) is 6.42 Å². The summed E-state index contributed by atoms with van der Waals surface area (Å²) in [6, 6.07) is 29.3. The van der Waals surface area contributed by atoms with E-state index in [1.54, 1.807) is 0 Å². The van der Waals surface area contributed by atoms with Crippen LogP contribution in [0.2, 0.25) is 0 Å². The van der Waals surface area contributed by atoms with Gasteiger partial charge in [-0.15, -0.1) is 0 Å². The summed E-state index contributed by atoms with van der Waals surface area (Å²) in [6.07, 6.45) is 0.844. The highest BCUT2D eigenvalue weighted by atomic mass is 32.1. The van der Waals surface area contributed by atoms with Crippen molar-refractivity contribution in [3.05, 3.63) is 118 Å². The number of benzene rings is 4. The Kier molecular flexibility index (Phi) is 8.54. The zero-order valence-electron chi connectivity index (χ0n) is 21.6. The van der Waals surface area contributed by atoms with Gasteiger partial charge in [0, 0.05) is 22.7 Å². The Hall–Kier alpha value is -3.74.